The Labute approximate surface area is 112 Å². The molecule has 1 aliphatic heterocycles. The second-order valence-electron chi connectivity index (χ2n) is 4.79. The Bertz CT molecular complexity index is 574. The normalized spacial score (nSPS) is 18.7. The summed E-state index contributed by atoms with van der Waals surface area (Å²) in [5.74, 6) is 2.18. The van der Waals surface area contributed by atoms with Gasteiger partial charge in [-0.2, -0.15) is 4.98 Å². The van der Waals surface area contributed by atoms with Crippen molar-refractivity contribution in [1.29, 1.82) is 0 Å². The second kappa shape index (κ2) is 5.01. The number of hydrogen-bond donors (Lipinski definition) is 1. The first-order chi connectivity index (χ1) is 9.28. The first-order valence-electron chi connectivity index (χ1n) is 6.50. The second-order valence-corrected chi connectivity index (χ2v) is 4.79. The Morgan fingerprint density at radius 3 is 3.00 bits per heavy atom. The first kappa shape index (κ1) is 12.2. The van der Waals surface area contributed by atoms with Gasteiger partial charge in [0.2, 0.25) is 11.7 Å². The zero-order valence-electron chi connectivity index (χ0n) is 11.1. The van der Waals surface area contributed by atoms with E-state index in [1.165, 1.54) is 0 Å². The third kappa shape index (κ3) is 2.33. The minimum atomic E-state index is 0.209. The summed E-state index contributed by atoms with van der Waals surface area (Å²) in [6.07, 6.45) is 2.22. The molecule has 2 heterocycles. The zero-order chi connectivity index (χ0) is 13.2. The van der Waals surface area contributed by atoms with Crippen LogP contribution in [0.25, 0.3) is 11.4 Å². The van der Waals surface area contributed by atoms with Crippen LogP contribution in [0, 0.1) is 6.92 Å². The van der Waals surface area contributed by atoms with Gasteiger partial charge >= 0.3 is 0 Å². The van der Waals surface area contributed by atoms with Crippen molar-refractivity contribution in [3.8, 4) is 17.1 Å². The molecule has 0 aliphatic carbocycles. The van der Waals surface area contributed by atoms with Crippen molar-refractivity contribution in [2.24, 2.45) is 0 Å². The molecule has 1 aromatic heterocycles. The van der Waals surface area contributed by atoms with E-state index >= 15 is 0 Å². The number of benzene rings is 1. The fourth-order valence-electron chi connectivity index (χ4n) is 2.41. The Morgan fingerprint density at radius 2 is 2.32 bits per heavy atom. The van der Waals surface area contributed by atoms with Gasteiger partial charge in [-0.05, 0) is 50.1 Å². The molecule has 3 rings (SSSR count). The molecule has 2 aromatic rings. The van der Waals surface area contributed by atoms with E-state index in [-0.39, 0.29) is 6.04 Å². The highest BCUT2D eigenvalue weighted by Gasteiger charge is 2.22. The minimum Gasteiger partial charge on any atom is -0.496 e. The van der Waals surface area contributed by atoms with Crippen LogP contribution >= 0.6 is 0 Å². The lowest BCUT2D eigenvalue weighted by Gasteiger charge is -2.04. The molecule has 1 unspecified atom stereocenters. The van der Waals surface area contributed by atoms with Gasteiger partial charge in [-0.1, -0.05) is 5.16 Å². The molecule has 1 aromatic carbocycles. The summed E-state index contributed by atoms with van der Waals surface area (Å²) in [4.78, 5) is 4.48. The van der Waals surface area contributed by atoms with E-state index in [0.29, 0.717) is 11.7 Å². The van der Waals surface area contributed by atoms with E-state index in [2.05, 4.69) is 15.5 Å². The first-order valence-corrected chi connectivity index (χ1v) is 6.50. The molecule has 5 nitrogen and oxygen atoms in total. The van der Waals surface area contributed by atoms with Crippen molar-refractivity contribution in [1.82, 2.24) is 15.5 Å². The lowest BCUT2D eigenvalue weighted by atomic mass is 10.1. The third-order valence-electron chi connectivity index (χ3n) is 3.45. The van der Waals surface area contributed by atoms with Gasteiger partial charge in [0.05, 0.1) is 13.2 Å². The number of nitrogens with zero attached hydrogens (tertiary/aromatic N) is 2. The van der Waals surface area contributed by atoms with Gasteiger partial charge in [0, 0.05) is 5.56 Å². The van der Waals surface area contributed by atoms with E-state index in [0.717, 1.165) is 36.3 Å². The molecule has 19 heavy (non-hydrogen) atoms. The van der Waals surface area contributed by atoms with E-state index in [4.69, 9.17) is 9.26 Å². The molecule has 0 spiro atoms. The van der Waals surface area contributed by atoms with Crippen LogP contribution in [0.5, 0.6) is 5.75 Å². The van der Waals surface area contributed by atoms with Crippen LogP contribution in [-0.4, -0.2) is 23.8 Å². The topological polar surface area (TPSA) is 60.2 Å². The van der Waals surface area contributed by atoms with Crippen LogP contribution in [-0.2, 0) is 0 Å². The van der Waals surface area contributed by atoms with Crippen molar-refractivity contribution in [2.75, 3.05) is 13.7 Å². The average Bonchev–Trinajstić information content (AvgIpc) is 3.09. The number of hydrogen-bond acceptors (Lipinski definition) is 5. The lowest BCUT2D eigenvalue weighted by molar-refractivity contribution is 0.345. The number of aryl methyl sites for hydroxylation is 1. The summed E-state index contributed by atoms with van der Waals surface area (Å²) in [7, 11) is 1.67. The van der Waals surface area contributed by atoms with Gasteiger partial charge in [-0.25, -0.2) is 0 Å². The van der Waals surface area contributed by atoms with Crippen LogP contribution in [0.1, 0.15) is 30.3 Å². The van der Waals surface area contributed by atoms with Crippen LogP contribution in [0.15, 0.2) is 22.7 Å². The van der Waals surface area contributed by atoms with Crippen molar-refractivity contribution in [3.63, 3.8) is 0 Å². The Morgan fingerprint density at radius 1 is 1.42 bits per heavy atom. The predicted molar refractivity (Wildman–Crippen MR) is 71.0 cm³/mol. The molecule has 0 amide bonds. The minimum absolute atomic E-state index is 0.209. The fourth-order valence-corrected chi connectivity index (χ4v) is 2.41. The number of methoxy groups -OCH3 is 1. The highest BCUT2D eigenvalue weighted by atomic mass is 16.5. The highest BCUT2D eigenvalue weighted by Crippen LogP contribution is 2.27. The molecule has 0 bridgehead atoms. The summed E-state index contributed by atoms with van der Waals surface area (Å²) in [6, 6.07) is 6.09. The average molecular weight is 259 g/mol. The molecule has 0 saturated carbocycles. The molecular formula is C14H17N3O2. The number of aromatic nitrogens is 2. The maximum atomic E-state index is 5.34. The van der Waals surface area contributed by atoms with Crippen LogP contribution in [0.4, 0.5) is 0 Å². The highest BCUT2D eigenvalue weighted by molar-refractivity contribution is 5.58. The van der Waals surface area contributed by atoms with E-state index in [9.17, 15) is 0 Å². The summed E-state index contributed by atoms with van der Waals surface area (Å²) >= 11 is 0. The number of rotatable bonds is 3. The third-order valence-corrected chi connectivity index (χ3v) is 3.45. The molecule has 1 fully saturated rings. The van der Waals surface area contributed by atoms with Gasteiger partial charge in [0.15, 0.2) is 0 Å². The van der Waals surface area contributed by atoms with E-state index in [1.807, 2.05) is 25.1 Å². The predicted octanol–water partition coefficient (Wildman–Crippen LogP) is 2.48. The van der Waals surface area contributed by atoms with Crippen molar-refractivity contribution >= 4 is 0 Å². The summed E-state index contributed by atoms with van der Waals surface area (Å²) in [6.45, 7) is 3.02. The van der Waals surface area contributed by atoms with Crippen LogP contribution in [0.2, 0.25) is 0 Å². The standard InChI is InChI=1S/C14H17N3O2/c1-9-8-10(5-6-12(9)18-2)13-16-14(19-17-13)11-4-3-7-15-11/h5-6,8,11,15H,3-4,7H2,1-2H3. The molecule has 1 aliphatic rings. The number of nitrogens with one attached hydrogen (secondary N) is 1. The quantitative estimate of drug-likeness (QED) is 0.917. The van der Waals surface area contributed by atoms with Crippen molar-refractivity contribution in [3.05, 3.63) is 29.7 Å². The fraction of sp³-hybridized carbons (Fsp3) is 0.429. The summed E-state index contributed by atoms with van der Waals surface area (Å²) < 4.78 is 10.6. The van der Waals surface area contributed by atoms with Gasteiger partial charge < -0.3 is 14.6 Å². The molecular weight excluding hydrogens is 242 g/mol. The molecule has 1 saturated heterocycles. The van der Waals surface area contributed by atoms with Gasteiger partial charge in [-0.15, -0.1) is 0 Å². The summed E-state index contributed by atoms with van der Waals surface area (Å²) in [5, 5.41) is 7.41. The Balaban J connectivity index is 1.87. The molecule has 1 atom stereocenters. The SMILES string of the molecule is COc1ccc(-c2noc(C3CCCN3)n2)cc1C. The van der Waals surface area contributed by atoms with Gasteiger partial charge in [-0.3, -0.25) is 0 Å². The molecule has 5 heteroatoms. The van der Waals surface area contributed by atoms with Crippen molar-refractivity contribution in [2.45, 2.75) is 25.8 Å². The lowest BCUT2D eigenvalue weighted by Crippen LogP contribution is -2.12. The van der Waals surface area contributed by atoms with Gasteiger partial charge in [0.1, 0.15) is 5.75 Å². The van der Waals surface area contributed by atoms with E-state index < -0.39 is 0 Å². The maximum absolute atomic E-state index is 5.34. The molecule has 100 valence electrons. The summed E-state index contributed by atoms with van der Waals surface area (Å²) in [5.41, 5.74) is 2.01. The Kier molecular flexibility index (Phi) is 3.21. The zero-order valence-corrected chi connectivity index (χ0v) is 11.1. The Hall–Kier alpha value is -1.88. The van der Waals surface area contributed by atoms with E-state index in [1.54, 1.807) is 7.11 Å². The largest absolute Gasteiger partial charge is 0.496 e. The number of ether oxygens (including phenoxy) is 1. The monoisotopic (exact) mass is 259 g/mol. The van der Waals surface area contributed by atoms with Crippen LogP contribution < -0.4 is 10.1 Å². The van der Waals surface area contributed by atoms with Gasteiger partial charge in [0.25, 0.3) is 0 Å². The molecule has 1 N–H and O–H groups in total. The van der Waals surface area contributed by atoms with Crippen LogP contribution in [0.3, 0.4) is 0 Å². The maximum Gasteiger partial charge on any atom is 0.244 e. The van der Waals surface area contributed by atoms with Crippen molar-refractivity contribution < 1.29 is 9.26 Å². The smallest absolute Gasteiger partial charge is 0.244 e. The molecule has 0 radical (unpaired) electrons.